The minimum Gasteiger partial charge on any atom is -0.344 e. The molecule has 22 heavy (non-hydrogen) atoms. The monoisotopic (exact) mass is 417 g/mol. The smallest absolute Gasteiger partial charge is 0.344 e. The molecule has 0 spiro atoms. The van der Waals surface area contributed by atoms with E-state index in [2.05, 4.69) is 0 Å². The summed E-state index contributed by atoms with van der Waals surface area (Å²) in [5.74, 6) is 0.266. The van der Waals surface area contributed by atoms with Crippen LogP contribution in [0.15, 0.2) is 0 Å². The molecule has 13 heteroatoms. The highest BCUT2D eigenvalue weighted by Gasteiger charge is 2.41. The highest BCUT2D eigenvalue weighted by molar-refractivity contribution is 8.02. The number of hydrogen-bond acceptors (Lipinski definition) is 6. The van der Waals surface area contributed by atoms with Crippen molar-refractivity contribution in [2.75, 3.05) is 49.5 Å². The lowest BCUT2D eigenvalue weighted by atomic mass is 10.5. The normalized spacial score (nSPS) is 23.5. The zero-order chi connectivity index (χ0) is 15.9. The van der Waals surface area contributed by atoms with E-state index in [0.29, 0.717) is 32.7 Å². The standard InChI is InChI=1S/C9H19Cl2N2O5PS2.H3N/c10-2-5-12(6-3-11)19(14)13(4-1-7-18-19)20-8-9-21(15,16)17;/h1-9H2,(H,15,16,17);1H3. The first-order chi connectivity index (χ1) is 9.83. The Bertz CT molecular complexity index is 464. The van der Waals surface area contributed by atoms with Gasteiger partial charge in [0.2, 0.25) is 0 Å². The van der Waals surface area contributed by atoms with Crippen molar-refractivity contribution in [3.8, 4) is 0 Å². The maximum Gasteiger partial charge on any atom is 0.355 e. The maximum atomic E-state index is 13.1. The zero-order valence-electron chi connectivity index (χ0n) is 12.1. The largest absolute Gasteiger partial charge is 0.355 e. The van der Waals surface area contributed by atoms with Gasteiger partial charge in [-0.15, -0.1) is 23.2 Å². The van der Waals surface area contributed by atoms with Crippen LogP contribution in [0.25, 0.3) is 0 Å². The Labute approximate surface area is 145 Å². The van der Waals surface area contributed by atoms with E-state index in [4.69, 9.17) is 32.3 Å². The Hall–Kier alpha value is 0.910. The molecule has 0 radical (unpaired) electrons. The summed E-state index contributed by atoms with van der Waals surface area (Å²) in [4.78, 5) is 0. The van der Waals surface area contributed by atoms with Gasteiger partial charge < -0.3 is 10.7 Å². The molecule has 1 saturated heterocycles. The molecule has 134 valence electrons. The van der Waals surface area contributed by atoms with Crippen molar-refractivity contribution < 1.29 is 22.1 Å². The van der Waals surface area contributed by atoms with Crippen molar-refractivity contribution in [3.63, 3.8) is 0 Å². The summed E-state index contributed by atoms with van der Waals surface area (Å²) in [6, 6.07) is 0. The molecule has 0 aliphatic carbocycles. The number of halogens is 2. The molecule has 1 heterocycles. The molecule has 0 bridgehead atoms. The SMILES string of the molecule is N.O=P1(N(CCCl)CCCl)OCCCN1SCCS(=O)(=O)O. The van der Waals surface area contributed by atoms with Crippen LogP contribution in [0.1, 0.15) is 6.42 Å². The molecule has 1 rings (SSSR count). The molecule has 1 aliphatic heterocycles. The summed E-state index contributed by atoms with van der Waals surface area (Å²) in [6.07, 6.45) is 0.693. The molecule has 0 amide bonds. The molecule has 4 N–H and O–H groups in total. The molecular weight excluding hydrogens is 396 g/mol. The van der Waals surface area contributed by atoms with Crippen LogP contribution >= 0.6 is 42.8 Å². The molecule has 1 fully saturated rings. The second kappa shape index (κ2) is 10.7. The number of rotatable bonds is 9. The first-order valence-electron chi connectivity index (χ1n) is 6.31. The van der Waals surface area contributed by atoms with Gasteiger partial charge in [-0.2, -0.15) is 12.5 Å². The van der Waals surface area contributed by atoms with Crippen molar-refractivity contribution in [1.82, 2.24) is 14.9 Å². The summed E-state index contributed by atoms with van der Waals surface area (Å²) < 4.78 is 52.0. The lowest BCUT2D eigenvalue weighted by Gasteiger charge is -2.39. The molecule has 8 nitrogen and oxygen atoms in total. The summed E-state index contributed by atoms with van der Waals surface area (Å²) >= 11 is 12.5. The van der Waals surface area contributed by atoms with Crippen molar-refractivity contribution in [1.29, 1.82) is 0 Å². The second-order valence-electron chi connectivity index (χ2n) is 4.20. The molecule has 0 aromatic carbocycles. The van der Waals surface area contributed by atoms with Gasteiger partial charge in [0.05, 0.1) is 12.4 Å². The molecule has 0 aromatic heterocycles. The van der Waals surface area contributed by atoms with Crippen molar-refractivity contribution in [2.45, 2.75) is 6.42 Å². The highest BCUT2D eigenvalue weighted by Crippen LogP contribution is 2.59. The van der Waals surface area contributed by atoms with E-state index in [0.717, 1.165) is 11.9 Å². The van der Waals surface area contributed by atoms with Gasteiger partial charge in [0, 0.05) is 37.1 Å². The van der Waals surface area contributed by atoms with Gasteiger partial charge in [0.25, 0.3) is 10.1 Å². The summed E-state index contributed by atoms with van der Waals surface area (Å²) in [7, 11) is -7.30. The van der Waals surface area contributed by atoms with Gasteiger partial charge in [-0.3, -0.25) is 9.12 Å². The molecule has 1 atom stereocenters. The van der Waals surface area contributed by atoms with Crippen LogP contribution in [0.2, 0.25) is 0 Å². The second-order valence-corrected chi connectivity index (χ2v) is 10.2. The number of alkyl halides is 2. The molecule has 1 unspecified atom stereocenters. The van der Waals surface area contributed by atoms with Crippen molar-refractivity contribution in [2.24, 2.45) is 0 Å². The maximum absolute atomic E-state index is 13.1. The summed E-state index contributed by atoms with van der Waals surface area (Å²) in [5, 5.41) is 0. The van der Waals surface area contributed by atoms with Crippen LogP contribution in [0.3, 0.4) is 0 Å². The molecular formula is C9H22Cl2N3O5PS2. The lowest BCUT2D eigenvalue weighted by Crippen LogP contribution is -2.36. The van der Waals surface area contributed by atoms with E-state index in [1.165, 1.54) is 0 Å². The first-order valence-corrected chi connectivity index (χ1v) is 11.5. The fourth-order valence-corrected chi connectivity index (χ4v) is 7.32. The summed E-state index contributed by atoms with van der Waals surface area (Å²) in [6.45, 7) is 1.60. The van der Waals surface area contributed by atoms with Crippen molar-refractivity contribution >= 4 is 52.9 Å². The Morgan fingerprint density at radius 3 is 2.41 bits per heavy atom. The predicted molar refractivity (Wildman–Crippen MR) is 91.8 cm³/mol. The Morgan fingerprint density at radius 2 is 1.91 bits per heavy atom. The Balaban J connectivity index is 0.00000441. The third kappa shape index (κ3) is 7.21. The van der Waals surface area contributed by atoms with E-state index in [1.807, 2.05) is 0 Å². The van der Waals surface area contributed by atoms with Crippen LogP contribution in [0.5, 0.6) is 0 Å². The predicted octanol–water partition coefficient (Wildman–Crippen LogP) is 2.29. The number of hydrogen-bond donors (Lipinski definition) is 2. The van der Waals surface area contributed by atoms with Crippen LogP contribution in [-0.4, -0.2) is 71.2 Å². The van der Waals surface area contributed by atoms with Crippen LogP contribution < -0.4 is 6.15 Å². The van der Waals surface area contributed by atoms with E-state index < -0.39 is 23.5 Å². The fraction of sp³-hybridized carbons (Fsp3) is 1.00. The third-order valence-electron chi connectivity index (χ3n) is 2.66. The minimum absolute atomic E-state index is 0. The van der Waals surface area contributed by atoms with Gasteiger partial charge in [-0.1, -0.05) is 11.9 Å². The van der Waals surface area contributed by atoms with E-state index in [9.17, 15) is 13.0 Å². The third-order valence-corrected chi connectivity index (χ3v) is 8.21. The first kappa shape index (κ1) is 22.9. The minimum atomic E-state index is -4.04. The highest BCUT2D eigenvalue weighted by atomic mass is 35.5. The van der Waals surface area contributed by atoms with Gasteiger partial charge >= 0.3 is 7.67 Å². The topological polar surface area (TPSA) is 122 Å². The molecule has 0 saturated carbocycles. The Morgan fingerprint density at radius 1 is 1.32 bits per heavy atom. The van der Waals surface area contributed by atoms with E-state index in [-0.39, 0.29) is 23.7 Å². The average Bonchev–Trinajstić information content (AvgIpc) is 2.39. The average molecular weight is 418 g/mol. The summed E-state index contributed by atoms with van der Waals surface area (Å²) in [5.41, 5.74) is 0. The molecule has 0 aromatic rings. The fourth-order valence-electron chi connectivity index (χ4n) is 1.74. The van der Waals surface area contributed by atoms with Gasteiger partial charge in [-0.25, -0.2) is 4.67 Å². The van der Waals surface area contributed by atoms with Crippen LogP contribution in [0, 0.1) is 0 Å². The quantitative estimate of drug-likeness (QED) is 0.251. The number of nitrogens with zero attached hydrogens (tertiary/aromatic N) is 2. The van der Waals surface area contributed by atoms with Crippen LogP contribution in [-0.2, 0) is 19.2 Å². The van der Waals surface area contributed by atoms with Gasteiger partial charge in [0.1, 0.15) is 0 Å². The Kier molecular flexibility index (Phi) is 11.2. The van der Waals surface area contributed by atoms with Crippen LogP contribution in [0.4, 0.5) is 0 Å². The zero-order valence-corrected chi connectivity index (χ0v) is 16.1. The van der Waals surface area contributed by atoms with E-state index in [1.54, 1.807) is 8.75 Å². The van der Waals surface area contributed by atoms with Crippen molar-refractivity contribution in [3.05, 3.63) is 0 Å². The molecule has 1 aliphatic rings. The lowest BCUT2D eigenvalue weighted by molar-refractivity contribution is 0.206. The van der Waals surface area contributed by atoms with Gasteiger partial charge in [-0.05, 0) is 6.42 Å². The van der Waals surface area contributed by atoms with Gasteiger partial charge in [0.15, 0.2) is 0 Å². The van der Waals surface area contributed by atoms with E-state index >= 15 is 0 Å².